The van der Waals surface area contributed by atoms with E-state index in [1.165, 1.54) is 0 Å². The molecule has 1 aliphatic heterocycles. The van der Waals surface area contributed by atoms with Crippen LogP contribution >= 0.6 is 12.4 Å². The van der Waals surface area contributed by atoms with Gasteiger partial charge in [-0.3, -0.25) is 4.79 Å². The molecular weight excluding hydrogens is 264 g/mol. The molecule has 0 aromatic carbocycles. The van der Waals surface area contributed by atoms with E-state index < -0.39 is 0 Å². The summed E-state index contributed by atoms with van der Waals surface area (Å²) in [7, 11) is 0. The van der Waals surface area contributed by atoms with Gasteiger partial charge in [-0.2, -0.15) is 0 Å². The third-order valence-corrected chi connectivity index (χ3v) is 3.38. The summed E-state index contributed by atoms with van der Waals surface area (Å²) in [6.07, 6.45) is 3.56. The molecule has 1 saturated heterocycles. The second-order valence-corrected chi connectivity index (χ2v) is 6.57. The highest BCUT2D eigenvalue weighted by molar-refractivity contribution is 5.85. The molecule has 0 bridgehead atoms. The summed E-state index contributed by atoms with van der Waals surface area (Å²) in [4.78, 5) is 12.0. The van der Waals surface area contributed by atoms with E-state index in [2.05, 4.69) is 33.0 Å². The second kappa shape index (κ2) is 8.08. The molecule has 3 N–H and O–H groups in total. The van der Waals surface area contributed by atoms with Gasteiger partial charge in [0.05, 0.1) is 6.10 Å². The van der Waals surface area contributed by atoms with Crippen LogP contribution in [0.5, 0.6) is 0 Å². The third kappa shape index (κ3) is 7.14. The Balaban J connectivity index is 0.00000324. The molecule has 0 aliphatic carbocycles. The van der Waals surface area contributed by atoms with Crippen LogP contribution in [0.15, 0.2) is 0 Å². The molecule has 114 valence electrons. The largest absolute Gasteiger partial charge is 0.364 e. The first-order valence-corrected chi connectivity index (χ1v) is 6.98. The zero-order valence-electron chi connectivity index (χ0n) is 12.6. The van der Waals surface area contributed by atoms with Gasteiger partial charge in [-0.1, -0.05) is 20.8 Å². The van der Waals surface area contributed by atoms with Crippen molar-refractivity contribution in [3.05, 3.63) is 0 Å². The molecule has 0 aromatic rings. The monoisotopic (exact) mass is 292 g/mol. The Morgan fingerprint density at radius 1 is 1.42 bits per heavy atom. The van der Waals surface area contributed by atoms with E-state index in [0.717, 1.165) is 25.7 Å². The first kappa shape index (κ1) is 18.7. The zero-order chi connectivity index (χ0) is 13.8. The highest BCUT2D eigenvalue weighted by atomic mass is 35.5. The van der Waals surface area contributed by atoms with E-state index in [0.29, 0.717) is 12.0 Å². The minimum absolute atomic E-state index is 0. The van der Waals surface area contributed by atoms with E-state index in [4.69, 9.17) is 10.5 Å². The van der Waals surface area contributed by atoms with Gasteiger partial charge in [0, 0.05) is 12.6 Å². The molecule has 1 rings (SSSR count). The van der Waals surface area contributed by atoms with Gasteiger partial charge in [0.25, 0.3) is 0 Å². The molecule has 1 fully saturated rings. The van der Waals surface area contributed by atoms with Gasteiger partial charge < -0.3 is 15.8 Å². The van der Waals surface area contributed by atoms with Crippen LogP contribution in [-0.4, -0.2) is 30.7 Å². The van der Waals surface area contributed by atoms with Crippen LogP contribution in [0.2, 0.25) is 0 Å². The van der Waals surface area contributed by atoms with Crippen LogP contribution in [0, 0.1) is 5.41 Å². The maximum absolute atomic E-state index is 12.0. The quantitative estimate of drug-likeness (QED) is 0.817. The van der Waals surface area contributed by atoms with E-state index >= 15 is 0 Å². The topological polar surface area (TPSA) is 64.4 Å². The predicted octanol–water partition coefficient (Wildman–Crippen LogP) is 2.25. The van der Waals surface area contributed by atoms with Crippen molar-refractivity contribution < 1.29 is 9.53 Å². The van der Waals surface area contributed by atoms with Crippen molar-refractivity contribution >= 4 is 18.3 Å². The van der Waals surface area contributed by atoms with Crippen molar-refractivity contribution in [3.63, 3.8) is 0 Å². The molecule has 5 heteroatoms. The molecule has 3 atom stereocenters. The first-order chi connectivity index (χ1) is 8.31. The minimum Gasteiger partial charge on any atom is -0.364 e. The van der Waals surface area contributed by atoms with Crippen LogP contribution in [0.3, 0.4) is 0 Å². The second-order valence-electron chi connectivity index (χ2n) is 6.57. The lowest BCUT2D eigenvalue weighted by atomic mass is 9.89. The fraction of sp³-hybridized carbons (Fsp3) is 0.929. The number of rotatable bonds is 5. The van der Waals surface area contributed by atoms with Gasteiger partial charge in [-0.05, 0) is 38.0 Å². The van der Waals surface area contributed by atoms with Crippen LogP contribution < -0.4 is 11.1 Å². The minimum atomic E-state index is -0.296. The van der Waals surface area contributed by atoms with Gasteiger partial charge in [0.15, 0.2) is 0 Å². The number of halogens is 1. The molecule has 0 aromatic heterocycles. The van der Waals surface area contributed by atoms with Gasteiger partial charge in [-0.15, -0.1) is 12.4 Å². The number of carbonyl (C=O) groups is 1. The fourth-order valence-electron chi connectivity index (χ4n) is 2.13. The molecule has 0 saturated carbocycles. The number of nitrogens with two attached hydrogens (primary N) is 1. The SMILES string of the molecule is CC(CCC(C)(C)C)NC(=O)[C@@H]1CC[C@H](CN)O1.Cl. The number of ether oxygens (including phenoxy) is 1. The Morgan fingerprint density at radius 2 is 2.05 bits per heavy atom. The molecule has 1 aliphatic rings. The van der Waals surface area contributed by atoms with E-state index in [1.54, 1.807) is 0 Å². The van der Waals surface area contributed by atoms with Crippen molar-refractivity contribution in [1.82, 2.24) is 5.32 Å². The fourth-order valence-corrected chi connectivity index (χ4v) is 2.13. The van der Waals surface area contributed by atoms with Crippen LogP contribution in [0.25, 0.3) is 0 Å². The maximum atomic E-state index is 12.0. The van der Waals surface area contributed by atoms with Crippen LogP contribution in [0.4, 0.5) is 0 Å². The summed E-state index contributed by atoms with van der Waals surface area (Å²) in [6.45, 7) is 9.21. The molecule has 19 heavy (non-hydrogen) atoms. The number of hydrogen-bond donors (Lipinski definition) is 2. The summed E-state index contributed by atoms with van der Waals surface area (Å²) >= 11 is 0. The smallest absolute Gasteiger partial charge is 0.249 e. The van der Waals surface area contributed by atoms with Gasteiger partial charge in [0.1, 0.15) is 6.10 Å². The molecular formula is C14H29ClN2O2. The first-order valence-electron chi connectivity index (χ1n) is 6.98. The number of nitrogens with one attached hydrogen (secondary N) is 1. The zero-order valence-corrected chi connectivity index (χ0v) is 13.4. The van der Waals surface area contributed by atoms with Crippen molar-refractivity contribution in [2.75, 3.05) is 6.54 Å². The van der Waals surface area contributed by atoms with E-state index in [1.807, 2.05) is 0 Å². The van der Waals surface area contributed by atoms with Gasteiger partial charge in [0.2, 0.25) is 5.91 Å². The van der Waals surface area contributed by atoms with Gasteiger partial charge >= 0.3 is 0 Å². The van der Waals surface area contributed by atoms with Crippen molar-refractivity contribution in [1.29, 1.82) is 0 Å². The standard InChI is InChI=1S/C14H28N2O2.ClH/c1-10(7-8-14(2,3)4)16-13(17)12-6-5-11(9-15)18-12;/h10-12H,5-9,15H2,1-4H3,(H,16,17);1H/t10?,11-,12+;/m1./s1. The number of hydrogen-bond acceptors (Lipinski definition) is 3. The molecule has 0 spiro atoms. The van der Waals surface area contributed by atoms with Crippen molar-refractivity contribution in [2.24, 2.45) is 11.1 Å². The lowest BCUT2D eigenvalue weighted by Crippen LogP contribution is -2.40. The predicted molar refractivity (Wildman–Crippen MR) is 80.5 cm³/mol. The summed E-state index contributed by atoms with van der Waals surface area (Å²) in [5.74, 6) is 0.0207. The normalized spacial score (nSPS) is 24.7. The highest BCUT2D eigenvalue weighted by Gasteiger charge is 2.30. The molecule has 4 nitrogen and oxygen atoms in total. The third-order valence-electron chi connectivity index (χ3n) is 3.38. The Kier molecular flexibility index (Phi) is 7.94. The van der Waals surface area contributed by atoms with Crippen LogP contribution in [0.1, 0.15) is 53.4 Å². The highest BCUT2D eigenvalue weighted by Crippen LogP contribution is 2.22. The van der Waals surface area contributed by atoms with Crippen molar-refractivity contribution in [3.8, 4) is 0 Å². The molecule has 0 radical (unpaired) electrons. The summed E-state index contributed by atoms with van der Waals surface area (Å²) in [5.41, 5.74) is 5.85. The van der Waals surface area contributed by atoms with Crippen LogP contribution in [-0.2, 0) is 9.53 Å². The van der Waals surface area contributed by atoms with E-state index in [-0.39, 0.29) is 36.6 Å². The lowest BCUT2D eigenvalue weighted by Gasteiger charge is -2.22. The summed E-state index contributed by atoms with van der Waals surface area (Å²) in [6, 6.07) is 0.206. The number of carbonyl (C=O) groups excluding carboxylic acids is 1. The molecule has 1 amide bonds. The van der Waals surface area contributed by atoms with Gasteiger partial charge in [-0.25, -0.2) is 0 Å². The Bertz CT molecular complexity index is 279. The Labute approximate surface area is 123 Å². The summed E-state index contributed by atoms with van der Waals surface area (Å²) < 4.78 is 5.58. The average Bonchev–Trinajstić information content (AvgIpc) is 2.74. The van der Waals surface area contributed by atoms with Crippen molar-refractivity contribution in [2.45, 2.75) is 71.6 Å². The van der Waals surface area contributed by atoms with E-state index in [9.17, 15) is 4.79 Å². The average molecular weight is 293 g/mol. The lowest BCUT2D eigenvalue weighted by molar-refractivity contribution is -0.132. The molecule has 1 heterocycles. The summed E-state index contributed by atoms with van der Waals surface area (Å²) in [5, 5.41) is 3.03. The maximum Gasteiger partial charge on any atom is 0.249 e. The Hall–Kier alpha value is -0.320. The number of amides is 1. The molecule has 1 unspecified atom stereocenters. The Morgan fingerprint density at radius 3 is 2.53 bits per heavy atom.